The van der Waals surface area contributed by atoms with Crippen molar-refractivity contribution < 1.29 is 4.42 Å². The fraction of sp³-hybridized carbons (Fsp3) is 0.455. The van der Waals surface area contributed by atoms with E-state index in [1.165, 1.54) is 5.56 Å². The van der Waals surface area contributed by atoms with Crippen molar-refractivity contribution in [2.45, 2.75) is 26.8 Å². The van der Waals surface area contributed by atoms with Crippen LogP contribution >= 0.6 is 27.3 Å². The molecule has 0 spiro atoms. The van der Waals surface area contributed by atoms with Crippen molar-refractivity contribution in [2.75, 3.05) is 6.54 Å². The van der Waals surface area contributed by atoms with Gasteiger partial charge < -0.3 is 9.73 Å². The number of aryl methyl sites for hydroxylation is 1. The summed E-state index contributed by atoms with van der Waals surface area (Å²) < 4.78 is 6.70. The van der Waals surface area contributed by atoms with Crippen molar-refractivity contribution in [3.8, 4) is 10.8 Å². The molecule has 0 aromatic carbocycles. The summed E-state index contributed by atoms with van der Waals surface area (Å²) >= 11 is 5.10. The maximum atomic E-state index is 5.59. The Kier molecular flexibility index (Phi) is 4.31. The Labute approximate surface area is 113 Å². The van der Waals surface area contributed by atoms with E-state index in [9.17, 15) is 0 Å². The number of nitrogens with zero attached hydrogens (tertiary/aromatic N) is 2. The van der Waals surface area contributed by atoms with Gasteiger partial charge in [0.2, 0.25) is 5.89 Å². The van der Waals surface area contributed by atoms with E-state index in [-0.39, 0.29) is 0 Å². The highest BCUT2D eigenvalue weighted by molar-refractivity contribution is 9.11. The summed E-state index contributed by atoms with van der Waals surface area (Å²) in [7, 11) is 0. The Hall–Kier alpha value is -0.720. The van der Waals surface area contributed by atoms with Crippen LogP contribution in [0.4, 0.5) is 0 Å². The number of aromatic nitrogens is 2. The van der Waals surface area contributed by atoms with Gasteiger partial charge in [-0.15, -0.1) is 21.5 Å². The second kappa shape index (κ2) is 5.75. The minimum atomic E-state index is 0.595. The lowest BCUT2D eigenvalue weighted by Crippen LogP contribution is -2.13. The first kappa shape index (κ1) is 12.7. The van der Waals surface area contributed by atoms with Gasteiger partial charge in [0.15, 0.2) is 0 Å². The first-order valence-corrected chi connectivity index (χ1v) is 7.11. The maximum absolute atomic E-state index is 5.59. The summed E-state index contributed by atoms with van der Waals surface area (Å²) in [5.74, 6) is 1.23. The third-order valence-corrected chi connectivity index (χ3v) is 4.36. The molecule has 2 aromatic heterocycles. The van der Waals surface area contributed by atoms with Crippen LogP contribution in [-0.4, -0.2) is 16.7 Å². The third-order valence-electron chi connectivity index (χ3n) is 2.24. The van der Waals surface area contributed by atoms with Crippen molar-refractivity contribution >= 4 is 27.3 Å². The molecule has 0 aliphatic rings. The molecule has 2 rings (SSSR count). The average molecular weight is 316 g/mol. The molecule has 0 aliphatic heterocycles. The second-order valence-electron chi connectivity index (χ2n) is 3.75. The van der Waals surface area contributed by atoms with Gasteiger partial charge in [-0.1, -0.05) is 6.92 Å². The van der Waals surface area contributed by atoms with E-state index in [0.717, 1.165) is 21.6 Å². The summed E-state index contributed by atoms with van der Waals surface area (Å²) in [6.07, 6.45) is 1.10. The number of thiophene rings is 1. The van der Waals surface area contributed by atoms with E-state index in [4.69, 9.17) is 4.42 Å². The minimum Gasteiger partial charge on any atom is -0.419 e. The van der Waals surface area contributed by atoms with Gasteiger partial charge in [0.1, 0.15) is 0 Å². The molecular weight excluding hydrogens is 302 g/mol. The molecule has 0 saturated heterocycles. The Balaban J connectivity index is 2.07. The van der Waals surface area contributed by atoms with Crippen molar-refractivity contribution in [1.82, 2.24) is 15.5 Å². The number of hydrogen-bond donors (Lipinski definition) is 1. The topological polar surface area (TPSA) is 51.0 Å². The predicted molar refractivity (Wildman–Crippen MR) is 72.0 cm³/mol. The largest absolute Gasteiger partial charge is 0.419 e. The summed E-state index contributed by atoms with van der Waals surface area (Å²) in [6, 6.07) is 2.05. The van der Waals surface area contributed by atoms with Crippen molar-refractivity contribution in [2.24, 2.45) is 0 Å². The second-order valence-corrected chi connectivity index (χ2v) is 6.12. The Morgan fingerprint density at radius 3 is 2.94 bits per heavy atom. The van der Waals surface area contributed by atoms with E-state index < -0.39 is 0 Å². The van der Waals surface area contributed by atoms with Gasteiger partial charge in [-0.25, -0.2) is 0 Å². The van der Waals surface area contributed by atoms with E-state index >= 15 is 0 Å². The molecule has 0 radical (unpaired) electrons. The highest BCUT2D eigenvalue weighted by atomic mass is 79.9. The zero-order chi connectivity index (χ0) is 12.3. The minimum absolute atomic E-state index is 0.595. The van der Waals surface area contributed by atoms with Gasteiger partial charge in [0.05, 0.1) is 15.2 Å². The highest BCUT2D eigenvalue weighted by Crippen LogP contribution is 2.33. The van der Waals surface area contributed by atoms with E-state index in [1.54, 1.807) is 11.3 Å². The average Bonchev–Trinajstić information content (AvgIpc) is 2.88. The van der Waals surface area contributed by atoms with Gasteiger partial charge in [0.25, 0.3) is 5.89 Å². The SMILES string of the molecule is CCCNCc1nnc(-c2cc(C)c(Br)s2)o1. The van der Waals surface area contributed by atoms with Crippen LogP contribution in [0.2, 0.25) is 0 Å². The van der Waals surface area contributed by atoms with Crippen LogP contribution < -0.4 is 5.32 Å². The van der Waals surface area contributed by atoms with Crippen LogP contribution in [0.1, 0.15) is 24.8 Å². The van der Waals surface area contributed by atoms with Crippen molar-refractivity contribution in [3.05, 3.63) is 21.3 Å². The smallest absolute Gasteiger partial charge is 0.257 e. The first-order chi connectivity index (χ1) is 8.20. The van der Waals surface area contributed by atoms with Crippen LogP contribution in [0.5, 0.6) is 0 Å². The number of hydrogen-bond acceptors (Lipinski definition) is 5. The molecule has 92 valence electrons. The molecule has 2 aromatic rings. The van der Waals surface area contributed by atoms with E-state index in [0.29, 0.717) is 18.3 Å². The van der Waals surface area contributed by atoms with E-state index in [1.807, 2.05) is 13.0 Å². The first-order valence-electron chi connectivity index (χ1n) is 5.50. The number of halogens is 1. The predicted octanol–water partition coefficient (Wildman–Crippen LogP) is 3.37. The monoisotopic (exact) mass is 315 g/mol. The fourth-order valence-corrected chi connectivity index (χ4v) is 2.82. The van der Waals surface area contributed by atoms with Gasteiger partial charge in [-0.3, -0.25) is 0 Å². The molecule has 6 heteroatoms. The lowest BCUT2D eigenvalue weighted by Gasteiger charge is -1.96. The molecule has 17 heavy (non-hydrogen) atoms. The van der Waals surface area contributed by atoms with Crippen LogP contribution in [-0.2, 0) is 6.54 Å². The molecule has 0 amide bonds. The third kappa shape index (κ3) is 3.14. The number of rotatable bonds is 5. The van der Waals surface area contributed by atoms with Gasteiger partial charge >= 0.3 is 0 Å². The van der Waals surface area contributed by atoms with Gasteiger partial charge in [0, 0.05) is 0 Å². The zero-order valence-electron chi connectivity index (χ0n) is 9.79. The normalized spacial score (nSPS) is 11.0. The summed E-state index contributed by atoms with van der Waals surface area (Å²) in [5, 5.41) is 11.3. The lowest BCUT2D eigenvalue weighted by molar-refractivity contribution is 0.478. The number of nitrogens with one attached hydrogen (secondary N) is 1. The standard InChI is InChI=1S/C11H14BrN3OS/c1-3-4-13-6-9-14-15-11(16-9)8-5-7(2)10(12)17-8/h5,13H,3-4,6H2,1-2H3. The molecule has 2 heterocycles. The Bertz CT molecular complexity index is 475. The zero-order valence-corrected chi connectivity index (χ0v) is 12.2. The fourth-order valence-electron chi connectivity index (χ4n) is 1.36. The molecule has 0 unspecified atom stereocenters. The molecule has 1 N–H and O–H groups in total. The summed E-state index contributed by atoms with van der Waals surface area (Å²) in [6.45, 7) is 5.76. The quantitative estimate of drug-likeness (QED) is 0.859. The Morgan fingerprint density at radius 2 is 2.29 bits per heavy atom. The Morgan fingerprint density at radius 1 is 1.47 bits per heavy atom. The maximum Gasteiger partial charge on any atom is 0.257 e. The van der Waals surface area contributed by atoms with Crippen LogP contribution in [0, 0.1) is 6.92 Å². The van der Waals surface area contributed by atoms with Gasteiger partial charge in [-0.2, -0.15) is 0 Å². The summed E-state index contributed by atoms with van der Waals surface area (Å²) in [5.41, 5.74) is 1.19. The van der Waals surface area contributed by atoms with Crippen LogP contribution in [0.3, 0.4) is 0 Å². The molecule has 4 nitrogen and oxygen atoms in total. The van der Waals surface area contributed by atoms with Crippen LogP contribution in [0.15, 0.2) is 14.3 Å². The highest BCUT2D eigenvalue weighted by Gasteiger charge is 2.12. The van der Waals surface area contributed by atoms with Gasteiger partial charge in [-0.05, 0) is 47.4 Å². The molecule has 0 bridgehead atoms. The molecular formula is C11H14BrN3OS. The molecule has 0 aliphatic carbocycles. The molecule has 0 fully saturated rings. The van der Waals surface area contributed by atoms with Crippen LogP contribution in [0.25, 0.3) is 10.8 Å². The van der Waals surface area contributed by atoms with Crippen molar-refractivity contribution in [3.63, 3.8) is 0 Å². The van der Waals surface area contributed by atoms with E-state index in [2.05, 4.69) is 38.4 Å². The molecule has 0 saturated carbocycles. The summed E-state index contributed by atoms with van der Waals surface area (Å²) in [4.78, 5) is 1.00. The molecule has 0 atom stereocenters. The van der Waals surface area contributed by atoms with Crippen molar-refractivity contribution in [1.29, 1.82) is 0 Å². The lowest BCUT2D eigenvalue weighted by atomic mass is 10.3.